The van der Waals surface area contributed by atoms with Gasteiger partial charge >= 0.3 is 6.09 Å². The average molecular weight is 394 g/mol. The molecule has 0 unspecified atom stereocenters. The molecule has 3 aromatic heterocycles. The van der Waals surface area contributed by atoms with Gasteiger partial charge in [0.25, 0.3) is 11.8 Å². The van der Waals surface area contributed by atoms with Crippen LogP contribution < -0.4 is 10.6 Å². The van der Waals surface area contributed by atoms with Crippen molar-refractivity contribution in [2.75, 3.05) is 11.9 Å². The topological polar surface area (TPSA) is 110 Å². The van der Waals surface area contributed by atoms with E-state index in [0.29, 0.717) is 17.0 Å². The Bertz CT molecular complexity index is 968. The van der Waals surface area contributed by atoms with Crippen LogP contribution in [0.2, 0.25) is 0 Å². The van der Waals surface area contributed by atoms with Crippen molar-refractivity contribution < 1.29 is 23.5 Å². The smallest absolute Gasteiger partial charge is 0.414 e. The third kappa shape index (κ3) is 3.83. The van der Waals surface area contributed by atoms with Crippen molar-refractivity contribution in [3.8, 4) is 0 Å². The number of carbonyl (C=O) groups is 3. The molecule has 0 saturated carbocycles. The summed E-state index contributed by atoms with van der Waals surface area (Å²) in [6, 6.07) is 4.41. The number of nitrogens with one attached hydrogen (secondary N) is 2. The van der Waals surface area contributed by atoms with E-state index in [0.717, 1.165) is 22.1 Å². The SMILES string of the molecule is CCOC(=O)NC(=O)c1cc(F)sc1NC(=O)c1nc2ncccc2s1. The van der Waals surface area contributed by atoms with Crippen LogP contribution in [-0.4, -0.2) is 34.5 Å². The molecule has 26 heavy (non-hydrogen) atoms. The minimum atomic E-state index is -0.960. The number of carbonyl (C=O) groups excluding carboxylic acids is 3. The van der Waals surface area contributed by atoms with Crippen LogP contribution in [-0.2, 0) is 4.74 Å². The number of alkyl carbamates (subject to hydrolysis) is 1. The molecule has 0 radical (unpaired) electrons. The number of halogens is 1. The molecular formula is C15H11FN4O4S2. The molecule has 8 nitrogen and oxygen atoms in total. The predicted molar refractivity (Wildman–Crippen MR) is 94.1 cm³/mol. The fourth-order valence-corrected chi connectivity index (χ4v) is 3.57. The Hall–Kier alpha value is -2.92. The van der Waals surface area contributed by atoms with Gasteiger partial charge in [-0.25, -0.2) is 14.8 Å². The molecule has 0 saturated heterocycles. The molecule has 0 bridgehead atoms. The van der Waals surface area contributed by atoms with E-state index in [1.165, 1.54) is 0 Å². The molecule has 3 amide bonds. The van der Waals surface area contributed by atoms with E-state index in [4.69, 9.17) is 0 Å². The number of pyridine rings is 1. The number of rotatable bonds is 4. The zero-order chi connectivity index (χ0) is 18.7. The summed E-state index contributed by atoms with van der Waals surface area (Å²) in [7, 11) is 0. The van der Waals surface area contributed by atoms with E-state index in [9.17, 15) is 18.8 Å². The van der Waals surface area contributed by atoms with Gasteiger partial charge in [-0.05, 0) is 19.1 Å². The van der Waals surface area contributed by atoms with Crippen LogP contribution in [0, 0.1) is 5.13 Å². The molecule has 0 aromatic carbocycles. The van der Waals surface area contributed by atoms with Crippen molar-refractivity contribution >= 4 is 55.9 Å². The van der Waals surface area contributed by atoms with E-state index in [1.54, 1.807) is 25.3 Å². The first-order chi connectivity index (χ1) is 12.5. The minimum Gasteiger partial charge on any atom is -0.450 e. The Balaban J connectivity index is 1.80. The number of aromatic nitrogens is 2. The van der Waals surface area contributed by atoms with Gasteiger partial charge in [0.1, 0.15) is 5.00 Å². The van der Waals surface area contributed by atoms with Gasteiger partial charge in [-0.2, -0.15) is 4.39 Å². The van der Waals surface area contributed by atoms with Crippen molar-refractivity contribution in [3.05, 3.63) is 40.1 Å². The van der Waals surface area contributed by atoms with E-state index in [1.807, 2.05) is 5.32 Å². The molecule has 0 spiro atoms. The van der Waals surface area contributed by atoms with Crippen LogP contribution in [0.5, 0.6) is 0 Å². The molecule has 3 heterocycles. The van der Waals surface area contributed by atoms with Crippen molar-refractivity contribution in [1.82, 2.24) is 15.3 Å². The lowest BCUT2D eigenvalue weighted by atomic mass is 10.3. The molecule has 0 aliphatic carbocycles. The average Bonchev–Trinajstić information content (AvgIpc) is 3.18. The molecule has 3 aromatic rings. The first kappa shape index (κ1) is 17.9. The van der Waals surface area contributed by atoms with E-state index < -0.39 is 23.0 Å². The molecule has 134 valence electrons. The van der Waals surface area contributed by atoms with Crippen molar-refractivity contribution in [2.24, 2.45) is 0 Å². The highest BCUT2D eigenvalue weighted by molar-refractivity contribution is 7.20. The monoisotopic (exact) mass is 394 g/mol. The second-order valence-corrected chi connectivity index (χ2v) is 6.80. The Kier molecular flexibility index (Phi) is 5.19. The predicted octanol–water partition coefficient (Wildman–Crippen LogP) is 3.03. The highest BCUT2D eigenvalue weighted by Gasteiger charge is 2.22. The summed E-state index contributed by atoms with van der Waals surface area (Å²) in [5.41, 5.74) is 0.230. The number of thiazole rings is 1. The molecule has 11 heteroatoms. The van der Waals surface area contributed by atoms with Gasteiger partial charge < -0.3 is 10.1 Å². The Morgan fingerprint density at radius 3 is 2.81 bits per heavy atom. The number of ether oxygens (including phenoxy) is 1. The second kappa shape index (κ2) is 7.54. The van der Waals surface area contributed by atoms with E-state index in [-0.39, 0.29) is 22.2 Å². The molecular weight excluding hydrogens is 383 g/mol. The van der Waals surface area contributed by atoms with E-state index in [2.05, 4.69) is 20.0 Å². The summed E-state index contributed by atoms with van der Waals surface area (Å²) in [5.74, 6) is -1.50. The maximum atomic E-state index is 13.6. The fourth-order valence-electron chi connectivity index (χ4n) is 1.97. The number of nitrogens with zero attached hydrogens (tertiary/aromatic N) is 2. The summed E-state index contributed by atoms with van der Waals surface area (Å²) in [6.45, 7) is 1.65. The number of hydrogen-bond donors (Lipinski definition) is 2. The molecule has 3 rings (SSSR count). The van der Waals surface area contributed by atoms with Gasteiger partial charge in [-0.1, -0.05) is 11.3 Å². The summed E-state index contributed by atoms with van der Waals surface area (Å²) >= 11 is 1.68. The third-order valence-corrected chi connectivity index (χ3v) is 4.87. The molecule has 0 atom stereocenters. The summed E-state index contributed by atoms with van der Waals surface area (Å²) in [6.07, 6.45) is 0.592. The molecule has 0 fully saturated rings. The largest absolute Gasteiger partial charge is 0.450 e. The zero-order valence-electron chi connectivity index (χ0n) is 13.2. The molecule has 0 aliphatic heterocycles. The number of anilines is 1. The Morgan fingerprint density at radius 1 is 1.27 bits per heavy atom. The first-order valence-corrected chi connectivity index (χ1v) is 8.91. The zero-order valence-corrected chi connectivity index (χ0v) is 14.9. The summed E-state index contributed by atoms with van der Waals surface area (Å²) < 4.78 is 18.9. The number of amides is 3. The third-order valence-electron chi connectivity index (χ3n) is 3.02. The second-order valence-electron chi connectivity index (χ2n) is 4.77. The number of fused-ring (bicyclic) bond motifs is 1. The van der Waals surface area contributed by atoms with Crippen molar-refractivity contribution in [3.63, 3.8) is 0 Å². The summed E-state index contributed by atoms with van der Waals surface area (Å²) in [4.78, 5) is 43.9. The lowest BCUT2D eigenvalue weighted by Gasteiger charge is -2.05. The quantitative estimate of drug-likeness (QED) is 0.704. The number of thiophene rings is 1. The van der Waals surface area contributed by atoms with Gasteiger partial charge in [0.15, 0.2) is 15.8 Å². The fraction of sp³-hybridized carbons (Fsp3) is 0.133. The molecule has 2 N–H and O–H groups in total. The standard InChI is InChI=1S/C15H11FN4O4S2/c1-2-24-15(23)20-11(21)7-6-9(16)26-13(7)19-12(22)14-18-10-8(25-14)4-3-5-17-10/h3-6H,2H2,1H3,(H,19,22)(H,20,21,23). The van der Waals surface area contributed by atoms with Crippen molar-refractivity contribution in [1.29, 1.82) is 0 Å². The van der Waals surface area contributed by atoms with Gasteiger partial charge in [0.2, 0.25) is 0 Å². The van der Waals surface area contributed by atoms with Gasteiger partial charge in [-0.15, -0.1) is 11.3 Å². The lowest BCUT2D eigenvalue weighted by Crippen LogP contribution is -2.31. The van der Waals surface area contributed by atoms with Gasteiger partial charge in [0, 0.05) is 12.3 Å². The van der Waals surface area contributed by atoms with Crippen molar-refractivity contribution in [2.45, 2.75) is 6.92 Å². The summed E-state index contributed by atoms with van der Waals surface area (Å²) in [5, 5.41) is 3.77. The van der Waals surface area contributed by atoms with Crippen LogP contribution in [0.3, 0.4) is 0 Å². The number of hydrogen-bond acceptors (Lipinski definition) is 8. The maximum Gasteiger partial charge on any atom is 0.414 e. The normalized spacial score (nSPS) is 10.5. The van der Waals surface area contributed by atoms with Crippen LogP contribution in [0.1, 0.15) is 27.1 Å². The van der Waals surface area contributed by atoms with Crippen LogP contribution >= 0.6 is 22.7 Å². The highest BCUT2D eigenvalue weighted by atomic mass is 32.1. The lowest BCUT2D eigenvalue weighted by molar-refractivity contribution is 0.0926. The molecule has 0 aliphatic rings. The number of imide groups is 1. The van der Waals surface area contributed by atoms with Crippen LogP contribution in [0.4, 0.5) is 14.2 Å². The Labute approximate surface area is 154 Å². The van der Waals surface area contributed by atoms with E-state index >= 15 is 0 Å². The minimum absolute atomic E-state index is 0.0403. The van der Waals surface area contributed by atoms with Gasteiger partial charge in [0.05, 0.1) is 16.9 Å². The van der Waals surface area contributed by atoms with Gasteiger partial charge in [-0.3, -0.25) is 14.9 Å². The van der Waals surface area contributed by atoms with Crippen LogP contribution in [0.25, 0.3) is 10.3 Å². The highest BCUT2D eigenvalue weighted by Crippen LogP contribution is 2.28. The van der Waals surface area contributed by atoms with Crippen LogP contribution in [0.15, 0.2) is 24.4 Å². The maximum absolute atomic E-state index is 13.6. The first-order valence-electron chi connectivity index (χ1n) is 7.28. The Morgan fingerprint density at radius 2 is 2.08 bits per heavy atom.